The van der Waals surface area contributed by atoms with Gasteiger partial charge in [0, 0.05) is 23.9 Å². The first-order valence-electron chi connectivity index (χ1n) is 8.79. The number of nitrogens with one attached hydrogen (secondary N) is 3. The molecule has 3 rings (SSSR count). The molecule has 0 spiro atoms. The zero-order chi connectivity index (χ0) is 19.4. The monoisotopic (exact) mass is 391 g/mol. The molecule has 27 heavy (non-hydrogen) atoms. The van der Waals surface area contributed by atoms with Crippen molar-refractivity contribution < 1.29 is 4.79 Å². The Kier molecular flexibility index (Phi) is 5.94. The van der Waals surface area contributed by atoms with E-state index in [-0.39, 0.29) is 23.2 Å². The fourth-order valence-electron chi connectivity index (χ4n) is 3.24. The number of carbonyl (C=O) groups excluding carboxylic acids is 1. The van der Waals surface area contributed by atoms with Gasteiger partial charge in [0.2, 0.25) is 5.91 Å². The molecule has 0 aromatic carbocycles. The lowest BCUT2D eigenvalue weighted by molar-refractivity contribution is -0.113. The summed E-state index contributed by atoms with van der Waals surface area (Å²) in [7, 11) is 0. The highest BCUT2D eigenvalue weighted by atomic mass is 32.2. The molecule has 9 nitrogen and oxygen atoms in total. The third-order valence-corrected chi connectivity index (χ3v) is 5.24. The second-order valence-electron chi connectivity index (χ2n) is 6.51. The van der Waals surface area contributed by atoms with Crippen LogP contribution in [0, 0.1) is 6.92 Å². The van der Waals surface area contributed by atoms with Gasteiger partial charge in [-0.25, -0.2) is 9.78 Å². The average molecular weight is 391 g/mol. The number of aromatic amines is 2. The second-order valence-corrected chi connectivity index (χ2v) is 7.48. The Morgan fingerprint density at radius 2 is 1.89 bits per heavy atom. The molecule has 0 atom stereocenters. The topological polar surface area (TPSA) is 130 Å². The fraction of sp³-hybridized carbons (Fsp3) is 0.471. The number of H-pyrrole nitrogens is 2. The maximum atomic E-state index is 12.3. The van der Waals surface area contributed by atoms with Crippen LogP contribution in [0.3, 0.4) is 0 Å². The number of rotatable bonds is 5. The molecule has 2 aromatic rings. The summed E-state index contributed by atoms with van der Waals surface area (Å²) < 4.78 is 1.47. The Bertz CT molecular complexity index is 1000. The highest BCUT2D eigenvalue weighted by molar-refractivity contribution is 7.99. The first-order chi connectivity index (χ1) is 12.9. The molecule has 3 N–H and O–H groups in total. The van der Waals surface area contributed by atoms with Crippen LogP contribution in [0.15, 0.2) is 31.7 Å². The molecule has 1 aliphatic carbocycles. The summed E-state index contributed by atoms with van der Waals surface area (Å²) in [6.07, 6.45) is 4.79. The first kappa shape index (κ1) is 19.2. The number of hydrogen-bond donors (Lipinski definition) is 3. The van der Waals surface area contributed by atoms with E-state index in [4.69, 9.17) is 0 Å². The molecule has 1 aliphatic rings. The van der Waals surface area contributed by atoms with Crippen LogP contribution in [0.1, 0.15) is 43.8 Å². The SMILES string of the molecule is Cc1cc(=O)[nH]c(SCC(=O)Nc2cc(=O)[nH]c(=O)n2C2CCCCC2)n1. The van der Waals surface area contributed by atoms with E-state index >= 15 is 0 Å². The number of carbonyl (C=O) groups is 1. The quantitative estimate of drug-likeness (QED) is 0.518. The van der Waals surface area contributed by atoms with E-state index in [0.29, 0.717) is 10.9 Å². The van der Waals surface area contributed by atoms with Gasteiger partial charge in [-0.05, 0) is 19.8 Å². The third-order valence-electron chi connectivity index (χ3n) is 4.37. The van der Waals surface area contributed by atoms with Gasteiger partial charge in [0.15, 0.2) is 5.16 Å². The Morgan fingerprint density at radius 1 is 1.19 bits per heavy atom. The standard InChI is InChI=1S/C17H21N5O4S/c1-10-7-13(23)20-16(18-10)27-9-15(25)19-12-8-14(24)21-17(26)22(12)11-5-3-2-4-6-11/h7-8,11H,2-6,9H2,1H3,(H,19,25)(H,18,20,23)(H,21,24,26). The first-order valence-corrected chi connectivity index (χ1v) is 9.77. The highest BCUT2D eigenvalue weighted by Gasteiger charge is 2.21. The van der Waals surface area contributed by atoms with E-state index in [0.717, 1.165) is 43.9 Å². The van der Waals surface area contributed by atoms with Gasteiger partial charge in [0.25, 0.3) is 11.1 Å². The van der Waals surface area contributed by atoms with Gasteiger partial charge in [-0.2, -0.15) is 0 Å². The number of aryl methyl sites for hydroxylation is 1. The molecule has 1 saturated carbocycles. The zero-order valence-corrected chi connectivity index (χ0v) is 15.7. The van der Waals surface area contributed by atoms with Gasteiger partial charge in [-0.3, -0.25) is 23.9 Å². The molecule has 0 unspecified atom stereocenters. The van der Waals surface area contributed by atoms with Gasteiger partial charge in [-0.15, -0.1) is 0 Å². The van der Waals surface area contributed by atoms with Crippen LogP contribution in [0.5, 0.6) is 0 Å². The van der Waals surface area contributed by atoms with Crippen LogP contribution in [-0.2, 0) is 4.79 Å². The maximum absolute atomic E-state index is 12.3. The highest BCUT2D eigenvalue weighted by Crippen LogP contribution is 2.28. The molecule has 0 radical (unpaired) electrons. The Balaban J connectivity index is 1.76. The number of anilines is 1. The lowest BCUT2D eigenvalue weighted by atomic mass is 9.95. The summed E-state index contributed by atoms with van der Waals surface area (Å²) in [5, 5.41) is 2.99. The Labute approximate surface area is 158 Å². The molecule has 144 valence electrons. The second kappa shape index (κ2) is 8.38. The van der Waals surface area contributed by atoms with Crippen molar-refractivity contribution in [1.29, 1.82) is 0 Å². The summed E-state index contributed by atoms with van der Waals surface area (Å²) in [4.78, 5) is 56.8. The van der Waals surface area contributed by atoms with E-state index in [1.807, 2.05) is 0 Å². The predicted octanol–water partition coefficient (Wildman–Crippen LogP) is 1.16. The summed E-state index contributed by atoms with van der Waals surface area (Å²) >= 11 is 1.07. The van der Waals surface area contributed by atoms with Gasteiger partial charge in [0.05, 0.1) is 5.75 Å². The number of aromatic nitrogens is 4. The molecule has 2 aromatic heterocycles. The van der Waals surface area contributed by atoms with E-state index in [2.05, 4.69) is 20.3 Å². The van der Waals surface area contributed by atoms with Crippen molar-refractivity contribution in [2.24, 2.45) is 0 Å². The van der Waals surface area contributed by atoms with Crippen molar-refractivity contribution in [3.63, 3.8) is 0 Å². The maximum Gasteiger partial charge on any atom is 0.330 e. The number of nitrogens with zero attached hydrogens (tertiary/aromatic N) is 2. The number of hydrogen-bond acceptors (Lipinski definition) is 6. The third kappa shape index (κ3) is 4.97. The van der Waals surface area contributed by atoms with Crippen LogP contribution >= 0.6 is 11.8 Å². The van der Waals surface area contributed by atoms with Gasteiger partial charge >= 0.3 is 5.69 Å². The van der Waals surface area contributed by atoms with Crippen LogP contribution in [0.2, 0.25) is 0 Å². The molecule has 1 amide bonds. The summed E-state index contributed by atoms with van der Waals surface area (Å²) in [5.41, 5.74) is -0.796. The minimum absolute atomic E-state index is 0.0158. The lowest BCUT2D eigenvalue weighted by Gasteiger charge is -2.26. The molecular formula is C17H21N5O4S. The molecule has 0 saturated heterocycles. The van der Waals surface area contributed by atoms with Gasteiger partial charge in [-0.1, -0.05) is 31.0 Å². The smallest absolute Gasteiger partial charge is 0.311 e. The van der Waals surface area contributed by atoms with Crippen molar-refractivity contribution in [3.8, 4) is 0 Å². The van der Waals surface area contributed by atoms with E-state index in [9.17, 15) is 19.2 Å². The fourth-order valence-corrected chi connectivity index (χ4v) is 3.96. The zero-order valence-electron chi connectivity index (χ0n) is 14.9. The van der Waals surface area contributed by atoms with Crippen LogP contribution in [0.25, 0.3) is 0 Å². The van der Waals surface area contributed by atoms with Crippen molar-refractivity contribution in [1.82, 2.24) is 19.5 Å². The van der Waals surface area contributed by atoms with Crippen LogP contribution in [-0.4, -0.2) is 31.2 Å². The number of amides is 1. The lowest BCUT2D eigenvalue weighted by Crippen LogP contribution is -2.36. The van der Waals surface area contributed by atoms with Gasteiger partial charge < -0.3 is 10.3 Å². The molecule has 2 heterocycles. The molecule has 0 bridgehead atoms. The van der Waals surface area contributed by atoms with Crippen molar-refractivity contribution in [2.45, 2.75) is 50.2 Å². The molecule has 1 fully saturated rings. The number of thioether (sulfide) groups is 1. The minimum atomic E-state index is -0.556. The van der Waals surface area contributed by atoms with Crippen molar-refractivity contribution in [3.05, 3.63) is 49.0 Å². The molecular weight excluding hydrogens is 370 g/mol. The minimum Gasteiger partial charge on any atom is -0.311 e. The van der Waals surface area contributed by atoms with E-state index in [1.54, 1.807) is 6.92 Å². The molecule has 10 heteroatoms. The Morgan fingerprint density at radius 3 is 2.59 bits per heavy atom. The summed E-state index contributed by atoms with van der Waals surface area (Å²) in [5.74, 6) is -0.205. The van der Waals surface area contributed by atoms with Crippen LogP contribution in [0.4, 0.5) is 5.82 Å². The van der Waals surface area contributed by atoms with E-state index < -0.39 is 17.2 Å². The predicted molar refractivity (Wildman–Crippen MR) is 102 cm³/mol. The van der Waals surface area contributed by atoms with Crippen LogP contribution < -0.4 is 22.1 Å². The Hall–Kier alpha value is -2.62. The van der Waals surface area contributed by atoms with Crippen molar-refractivity contribution >= 4 is 23.5 Å². The molecule has 0 aliphatic heterocycles. The van der Waals surface area contributed by atoms with E-state index in [1.165, 1.54) is 16.7 Å². The van der Waals surface area contributed by atoms with Gasteiger partial charge in [0.1, 0.15) is 5.82 Å². The summed E-state index contributed by atoms with van der Waals surface area (Å²) in [6, 6.07) is 2.55. The largest absolute Gasteiger partial charge is 0.330 e. The average Bonchev–Trinajstić information content (AvgIpc) is 2.59. The van der Waals surface area contributed by atoms with Crippen molar-refractivity contribution in [2.75, 3.05) is 11.1 Å². The normalized spacial score (nSPS) is 14.9. The summed E-state index contributed by atoms with van der Waals surface area (Å²) in [6.45, 7) is 1.69.